The zero-order chi connectivity index (χ0) is 14.1. The van der Waals surface area contributed by atoms with Crippen LogP contribution in [0.2, 0.25) is 0 Å². The van der Waals surface area contributed by atoms with Crippen molar-refractivity contribution >= 4 is 11.2 Å². The summed E-state index contributed by atoms with van der Waals surface area (Å²) in [6.45, 7) is 1.75. The van der Waals surface area contributed by atoms with Crippen molar-refractivity contribution < 1.29 is 9.66 Å². The molecule has 0 fully saturated rings. The molecule has 2 aromatic heterocycles. The van der Waals surface area contributed by atoms with Crippen LogP contribution in [0.3, 0.4) is 0 Å². The fourth-order valence-corrected chi connectivity index (χ4v) is 1.86. The SMILES string of the molecule is Cc1nc(Oc2cccc([N+](=O)[O-])c2)c2cccn2n1. The van der Waals surface area contributed by atoms with E-state index in [0.29, 0.717) is 23.0 Å². The summed E-state index contributed by atoms with van der Waals surface area (Å²) in [5.74, 6) is 1.28. The van der Waals surface area contributed by atoms with Crippen molar-refractivity contribution in [2.75, 3.05) is 0 Å². The van der Waals surface area contributed by atoms with Crippen LogP contribution in [0.25, 0.3) is 5.52 Å². The molecule has 0 amide bonds. The summed E-state index contributed by atoms with van der Waals surface area (Å²) in [7, 11) is 0. The van der Waals surface area contributed by atoms with Crippen molar-refractivity contribution in [2.45, 2.75) is 6.92 Å². The molecule has 0 radical (unpaired) electrons. The van der Waals surface area contributed by atoms with Crippen LogP contribution in [0.15, 0.2) is 42.6 Å². The van der Waals surface area contributed by atoms with E-state index in [4.69, 9.17) is 4.74 Å². The summed E-state index contributed by atoms with van der Waals surface area (Å²) in [6.07, 6.45) is 1.78. The van der Waals surface area contributed by atoms with Crippen LogP contribution in [-0.4, -0.2) is 19.5 Å². The number of non-ortho nitro benzene ring substituents is 1. The zero-order valence-electron chi connectivity index (χ0n) is 10.6. The molecule has 20 heavy (non-hydrogen) atoms. The highest BCUT2D eigenvalue weighted by atomic mass is 16.6. The minimum atomic E-state index is -0.467. The molecule has 0 atom stereocenters. The van der Waals surface area contributed by atoms with E-state index < -0.39 is 4.92 Å². The molecule has 0 saturated heterocycles. The van der Waals surface area contributed by atoms with E-state index in [1.165, 1.54) is 12.1 Å². The van der Waals surface area contributed by atoms with Crippen LogP contribution < -0.4 is 4.74 Å². The smallest absolute Gasteiger partial charge is 0.273 e. The predicted octanol–water partition coefficient (Wildman–Crippen LogP) is 2.74. The molecule has 7 heteroatoms. The number of aryl methyl sites for hydroxylation is 1. The maximum atomic E-state index is 10.8. The normalized spacial score (nSPS) is 10.7. The summed E-state index contributed by atoms with van der Waals surface area (Å²) < 4.78 is 7.29. The van der Waals surface area contributed by atoms with E-state index in [1.54, 1.807) is 29.8 Å². The largest absolute Gasteiger partial charge is 0.437 e. The molecule has 0 saturated carbocycles. The predicted molar refractivity (Wildman–Crippen MR) is 70.9 cm³/mol. The number of hydrogen-bond donors (Lipinski definition) is 0. The third-order valence-electron chi connectivity index (χ3n) is 2.71. The number of nitrogens with zero attached hydrogens (tertiary/aromatic N) is 4. The Hall–Kier alpha value is -2.96. The average molecular weight is 270 g/mol. The van der Waals surface area contributed by atoms with Gasteiger partial charge in [0.15, 0.2) is 0 Å². The first kappa shape index (κ1) is 12.1. The first-order valence-corrected chi connectivity index (χ1v) is 5.88. The monoisotopic (exact) mass is 270 g/mol. The van der Waals surface area contributed by atoms with Gasteiger partial charge in [-0.05, 0) is 25.1 Å². The van der Waals surface area contributed by atoms with E-state index in [-0.39, 0.29) is 5.69 Å². The maximum absolute atomic E-state index is 10.8. The fraction of sp³-hybridized carbons (Fsp3) is 0.0769. The number of nitro groups is 1. The van der Waals surface area contributed by atoms with Gasteiger partial charge < -0.3 is 4.74 Å². The lowest BCUT2D eigenvalue weighted by molar-refractivity contribution is -0.384. The minimum absolute atomic E-state index is 0.0281. The Morgan fingerprint density at radius 1 is 1.30 bits per heavy atom. The third kappa shape index (κ3) is 2.16. The number of rotatable bonds is 3. The van der Waals surface area contributed by atoms with E-state index in [9.17, 15) is 10.1 Å². The molecule has 0 aliphatic carbocycles. The van der Waals surface area contributed by atoms with Gasteiger partial charge in [0.1, 0.15) is 17.1 Å². The molecule has 3 aromatic rings. The second-order valence-corrected chi connectivity index (χ2v) is 4.16. The summed E-state index contributed by atoms with van der Waals surface area (Å²) in [5, 5.41) is 15.0. The van der Waals surface area contributed by atoms with Crippen molar-refractivity contribution in [3.8, 4) is 11.6 Å². The summed E-state index contributed by atoms with van der Waals surface area (Å²) in [5.41, 5.74) is 0.668. The van der Waals surface area contributed by atoms with Gasteiger partial charge in [-0.1, -0.05) is 6.07 Å². The van der Waals surface area contributed by atoms with Crippen molar-refractivity contribution in [1.29, 1.82) is 0 Å². The molecule has 2 heterocycles. The first-order chi connectivity index (χ1) is 9.63. The topological polar surface area (TPSA) is 82.6 Å². The molecule has 0 N–H and O–H groups in total. The fourth-order valence-electron chi connectivity index (χ4n) is 1.86. The van der Waals surface area contributed by atoms with Crippen LogP contribution in [0.1, 0.15) is 5.82 Å². The first-order valence-electron chi connectivity index (χ1n) is 5.88. The highest BCUT2D eigenvalue weighted by molar-refractivity contribution is 5.57. The zero-order valence-corrected chi connectivity index (χ0v) is 10.6. The lowest BCUT2D eigenvalue weighted by Gasteiger charge is -2.07. The van der Waals surface area contributed by atoms with Crippen molar-refractivity contribution in [3.63, 3.8) is 0 Å². The average Bonchev–Trinajstić information content (AvgIpc) is 2.87. The third-order valence-corrected chi connectivity index (χ3v) is 2.71. The standard InChI is InChI=1S/C13H10N4O3/c1-9-14-13(12-6-3-7-16(12)15-9)20-11-5-2-4-10(8-11)17(18)19/h2-8H,1H3. The molecule has 100 valence electrons. The van der Waals surface area contributed by atoms with E-state index >= 15 is 0 Å². The Bertz CT molecular complexity index is 797. The van der Waals surface area contributed by atoms with Crippen LogP contribution in [-0.2, 0) is 0 Å². The number of benzene rings is 1. The molecule has 3 rings (SSSR count). The van der Waals surface area contributed by atoms with Gasteiger partial charge >= 0.3 is 0 Å². The van der Waals surface area contributed by atoms with Crippen molar-refractivity contribution in [2.24, 2.45) is 0 Å². The molecule has 1 aromatic carbocycles. The number of hydrogen-bond acceptors (Lipinski definition) is 5. The Morgan fingerprint density at radius 2 is 2.15 bits per heavy atom. The van der Waals surface area contributed by atoms with E-state index in [2.05, 4.69) is 10.1 Å². The Labute approximate surface area is 113 Å². The van der Waals surface area contributed by atoms with Gasteiger partial charge in [-0.25, -0.2) is 4.52 Å². The molecule has 0 bridgehead atoms. The van der Waals surface area contributed by atoms with Crippen LogP contribution >= 0.6 is 0 Å². The molecule has 0 unspecified atom stereocenters. The molecular formula is C13H10N4O3. The van der Waals surface area contributed by atoms with Gasteiger partial charge in [-0.2, -0.15) is 10.1 Å². The van der Waals surface area contributed by atoms with Gasteiger partial charge in [-0.3, -0.25) is 10.1 Å². The highest BCUT2D eigenvalue weighted by Gasteiger charge is 2.11. The number of fused-ring (bicyclic) bond motifs is 1. The van der Waals surface area contributed by atoms with Crippen LogP contribution in [0.5, 0.6) is 11.6 Å². The lowest BCUT2D eigenvalue weighted by atomic mass is 10.3. The lowest BCUT2D eigenvalue weighted by Crippen LogP contribution is -2.00. The number of ether oxygens (including phenoxy) is 1. The molecule has 0 aliphatic rings. The van der Waals surface area contributed by atoms with Crippen LogP contribution in [0, 0.1) is 17.0 Å². The molecule has 0 spiro atoms. The second kappa shape index (κ2) is 4.61. The minimum Gasteiger partial charge on any atom is -0.437 e. The van der Waals surface area contributed by atoms with Gasteiger partial charge in [-0.15, -0.1) is 0 Å². The van der Waals surface area contributed by atoms with Crippen molar-refractivity contribution in [1.82, 2.24) is 14.6 Å². The Kier molecular flexibility index (Phi) is 2.79. The van der Waals surface area contributed by atoms with Gasteiger partial charge in [0.05, 0.1) is 11.0 Å². The molecular weight excluding hydrogens is 260 g/mol. The van der Waals surface area contributed by atoms with Gasteiger partial charge in [0, 0.05) is 12.3 Å². The Balaban J connectivity index is 2.02. The second-order valence-electron chi connectivity index (χ2n) is 4.16. The van der Waals surface area contributed by atoms with Crippen LogP contribution in [0.4, 0.5) is 5.69 Å². The summed E-state index contributed by atoms with van der Waals surface area (Å²) in [6, 6.07) is 9.61. The summed E-state index contributed by atoms with van der Waals surface area (Å²) >= 11 is 0. The van der Waals surface area contributed by atoms with E-state index in [1.807, 2.05) is 12.1 Å². The molecule has 7 nitrogen and oxygen atoms in total. The van der Waals surface area contributed by atoms with Gasteiger partial charge in [0.2, 0.25) is 5.88 Å². The quantitative estimate of drug-likeness (QED) is 0.539. The van der Waals surface area contributed by atoms with Crippen molar-refractivity contribution in [3.05, 3.63) is 58.5 Å². The number of nitro benzene ring substituents is 1. The highest BCUT2D eigenvalue weighted by Crippen LogP contribution is 2.26. The maximum Gasteiger partial charge on any atom is 0.273 e. The number of aromatic nitrogens is 3. The van der Waals surface area contributed by atoms with Gasteiger partial charge in [0.25, 0.3) is 5.69 Å². The Morgan fingerprint density at radius 3 is 2.95 bits per heavy atom. The molecule has 0 aliphatic heterocycles. The summed E-state index contributed by atoms with van der Waals surface area (Å²) in [4.78, 5) is 14.5. The van der Waals surface area contributed by atoms with E-state index in [0.717, 1.165) is 0 Å².